The number of anilines is 1. The number of aromatic amines is 1. The monoisotopic (exact) mass is 246 g/mol. The Bertz CT molecular complexity index is 673. The first-order chi connectivity index (χ1) is 8.26. The molecule has 0 radical (unpaired) electrons. The first-order valence-electron chi connectivity index (χ1n) is 5.01. The van der Waals surface area contributed by atoms with Crippen LogP contribution < -0.4 is 10.5 Å². The fourth-order valence-corrected chi connectivity index (χ4v) is 2.37. The van der Waals surface area contributed by atoms with Gasteiger partial charge in [-0.25, -0.2) is 9.97 Å². The van der Waals surface area contributed by atoms with Crippen molar-refractivity contribution in [1.29, 1.82) is 0 Å². The minimum absolute atomic E-state index is 0.472. The van der Waals surface area contributed by atoms with Crippen LogP contribution in [0, 0.1) is 0 Å². The molecule has 0 saturated carbocycles. The van der Waals surface area contributed by atoms with Gasteiger partial charge in [0.25, 0.3) is 0 Å². The highest BCUT2D eigenvalue weighted by molar-refractivity contribution is 7.13. The number of nitrogens with zero attached hydrogens (tertiary/aromatic N) is 2. The number of nitrogen functional groups attached to an aromatic ring is 1. The van der Waals surface area contributed by atoms with Gasteiger partial charge in [-0.1, -0.05) is 0 Å². The molecule has 17 heavy (non-hydrogen) atoms. The smallest absolute Gasteiger partial charge is 0.180 e. The number of nitrogens with two attached hydrogens (primary N) is 1. The van der Waals surface area contributed by atoms with Gasteiger partial charge in [-0.2, -0.15) is 0 Å². The van der Waals surface area contributed by atoms with Gasteiger partial charge in [-0.05, 0) is 12.1 Å². The van der Waals surface area contributed by atoms with Crippen LogP contribution in [0.5, 0.6) is 5.75 Å². The van der Waals surface area contributed by atoms with Gasteiger partial charge in [-0.3, -0.25) is 0 Å². The van der Waals surface area contributed by atoms with Crippen LogP contribution in [0.4, 0.5) is 5.82 Å². The van der Waals surface area contributed by atoms with E-state index in [9.17, 15) is 0 Å². The lowest BCUT2D eigenvalue weighted by Gasteiger charge is -1.89. The molecule has 3 aromatic heterocycles. The predicted molar refractivity (Wildman–Crippen MR) is 68.2 cm³/mol. The number of thiophene rings is 1. The van der Waals surface area contributed by atoms with Crippen molar-refractivity contribution < 1.29 is 4.74 Å². The second kappa shape index (κ2) is 3.74. The van der Waals surface area contributed by atoms with Gasteiger partial charge < -0.3 is 15.5 Å². The lowest BCUT2D eigenvalue weighted by Crippen LogP contribution is -1.88. The number of methoxy groups -OCH3 is 1. The van der Waals surface area contributed by atoms with Crippen LogP contribution in [0.2, 0.25) is 0 Å². The van der Waals surface area contributed by atoms with Gasteiger partial charge in [0, 0.05) is 11.4 Å². The number of nitrogens with one attached hydrogen (secondary N) is 1. The van der Waals surface area contributed by atoms with E-state index in [2.05, 4.69) is 15.0 Å². The molecular formula is C11H10N4OS. The van der Waals surface area contributed by atoms with Crippen LogP contribution in [-0.4, -0.2) is 22.1 Å². The van der Waals surface area contributed by atoms with Crippen LogP contribution in [0.1, 0.15) is 0 Å². The Morgan fingerprint density at radius 2 is 2.24 bits per heavy atom. The fraction of sp³-hybridized carbons (Fsp3) is 0.0909. The molecule has 0 aliphatic carbocycles. The van der Waals surface area contributed by atoms with E-state index in [1.807, 2.05) is 17.5 Å². The SMILES string of the molecule is COc1csc(-c2nc3nc(N)ccc3[nH]2)c1. The third-order valence-corrected chi connectivity index (χ3v) is 3.33. The first kappa shape index (κ1) is 10.1. The molecule has 86 valence electrons. The summed E-state index contributed by atoms with van der Waals surface area (Å²) >= 11 is 1.57. The van der Waals surface area contributed by atoms with Crippen molar-refractivity contribution >= 4 is 28.3 Å². The highest BCUT2D eigenvalue weighted by atomic mass is 32.1. The molecule has 0 aromatic carbocycles. The molecule has 0 spiro atoms. The second-order valence-electron chi connectivity index (χ2n) is 3.54. The quantitative estimate of drug-likeness (QED) is 0.727. The van der Waals surface area contributed by atoms with E-state index in [4.69, 9.17) is 10.5 Å². The molecule has 0 bridgehead atoms. The predicted octanol–water partition coefficient (Wildman–Crippen LogP) is 2.28. The Hall–Kier alpha value is -2.08. The third kappa shape index (κ3) is 1.72. The van der Waals surface area contributed by atoms with Crippen LogP contribution in [0.15, 0.2) is 23.6 Å². The molecule has 6 heteroatoms. The molecule has 5 nitrogen and oxygen atoms in total. The Kier molecular flexibility index (Phi) is 2.22. The summed E-state index contributed by atoms with van der Waals surface area (Å²) in [5.74, 6) is 2.09. The Labute approximate surface area is 101 Å². The Balaban J connectivity index is 2.11. The van der Waals surface area contributed by atoms with Crippen LogP contribution >= 0.6 is 11.3 Å². The van der Waals surface area contributed by atoms with Crippen molar-refractivity contribution in [3.63, 3.8) is 0 Å². The van der Waals surface area contributed by atoms with E-state index in [1.54, 1.807) is 24.5 Å². The van der Waals surface area contributed by atoms with Crippen molar-refractivity contribution in [1.82, 2.24) is 15.0 Å². The molecular weight excluding hydrogens is 236 g/mol. The largest absolute Gasteiger partial charge is 0.496 e. The van der Waals surface area contributed by atoms with E-state index in [0.717, 1.165) is 22.0 Å². The zero-order valence-electron chi connectivity index (χ0n) is 9.10. The van der Waals surface area contributed by atoms with E-state index in [-0.39, 0.29) is 0 Å². The fourth-order valence-electron chi connectivity index (χ4n) is 1.57. The summed E-state index contributed by atoms with van der Waals surface area (Å²) in [5.41, 5.74) is 7.12. The van der Waals surface area contributed by atoms with Crippen LogP contribution in [-0.2, 0) is 0 Å². The minimum atomic E-state index is 0.472. The summed E-state index contributed by atoms with van der Waals surface area (Å²) in [4.78, 5) is 12.8. The van der Waals surface area contributed by atoms with Gasteiger partial charge in [0.15, 0.2) is 11.5 Å². The van der Waals surface area contributed by atoms with Crippen molar-refractivity contribution in [2.24, 2.45) is 0 Å². The summed E-state index contributed by atoms with van der Waals surface area (Å²) in [6.45, 7) is 0. The molecule has 0 aliphatic rings. The molecule has 3 rings (SSSR count). The molecule has 0 aliphatic heterocycles. The van der Waals surface area contributed by atoms with Crippen molar-refractivity contribution in [2.75, 3.05) is 12.8 Å². The van der Waals surface area contributed by atoms with Crippen molar-refractivity contribution in [3.05, 3.63) is 23.6 Å². The van der Waals surface area contributed by atoms with Crippen molar-refractivity contribution in [2.45, 2.75) is 0 Å². The summed E-state index contributed by atoms with van der Waals surface area (Å²) in [5, 5.41) is 1.93. The lowest BCUT2D eigenvalue weighted by atomic mass is 10.4. The number of imidazole rings is 1. The number of aromatic nitrogens is 3. The van der Waals surface area contributed by atoms with Gasteiger partial charge in [-0.15, -0.1) is 11.3 Å². The molecule has 0 atom stereocenters. The molecule has 3 N–H and O–H groups in total. The highest BCUT2D eigenvalue weighted by Gasteiger charge is 2.09. The van der Waals surface area contributed by atoms with Crippen LogP contribution in [0.25, 0.3) is 21.9 Å². The lowest BCUT2D eigenvalue weighted by molar-refractivity contribution is 0.417. The average molecular weight is 246 g/mol. The Morgan fingerprint density at radius 3 is 3.00 bits per heavy atom. The Morgan fingerprint density at radius 1 is 1.35 bits per heavy atom. The molecule has 0 fully saturated rings. The third-order valence-electron chi connectivity index (χ3n) is 2.41. The number of hydrogen-bond donors (Lipinski definition) is 2. The first-order valence-corrected chi connectivity index (χ1v) is 5.89. The van der Waals surface area contributed by atoms with Crippen molar-refractivity contribution in [3.8, 4) is 16.5 Å². The summed E-state index contributed by atoms with van der Waals surface area (Å²) in [6.07, 6.45) is 0. The zero-order valence-corrected chi connectivity index (χ0v) is 9.91. The maximum Gasteiger partial charge on any atom is 0.180 e. The standard InChI is InChI=1S/C11H10N4OS/c1-16-6-4-8(17-5-6)11-13-7-2-3-9(12)14-10(7)15-11/h2-5H,1H3,(H3,12,13,14,15). The van der Waals surface area contributed by atoms with E-state index >= 15 is 0 Å². The molecule has 0 saturated heterocycles. The second-order valence-corrected chi connectivity index (χ2v) is 4.45. The molecule has 3 aromatic rings. The van der Waals surface area contributed by atoms with Gasteiger partial charge in [0.05, 0.1) is 17.5 Å². The van der Waals surface area contributed by atoms with E-state index in [0.29, 0.717) is 11.5 Å². The molecule has 0 unspecified atom stereocenters. The number of pyridine rings is 1. The average Bonchev–Trinajstić information content (AvgIpc) is 2.93. The number of rotatable bonds is 2. The van der Waals surface area contributed by atoms with Gasteiger partial charge >= 0.3 is 0 Å². The number of ether oxygens (including phenoxy) is 1. The summed E-state index contributed by atoms with van der Waals surface area (Å²) < 4.78 is 5.14. The summed E-state index contributed by atoms with van der Waals surface area (Å²) in [7, 11) is 1.65. The number of hydrogen-bond acceptors (Lipinski definition) is 5. The zero-order chi connectivity index (χ0) is 11.8. The highest BCUT2D eigenvalue weighted by Crippen LogP contribution is 2.30. The maximum atomic E-state index is 5.62. The van der Waals surface area contributed by atoms with Gasteiger partial charge in [0.2, 0.25) is 0 Å². The van der Waals surface area contributed by atoms with Gasteiger partial charge in [0.1, 0.15) is 11.6 Å². The maximum absolute atomic E-state index is 5.62. The normalized spacial score (nSPS) is 10.9. The molecule has 3 heterocycles. The van der Waals surface area contributed by atoms with E-state index < -0.39 is 0 Å². The molecule has 0 amide bonds. The number of fused-ring (bicyclic) bond motifs is 1. The summed E-state index contributed by atoms with van der Waals surface area (Å²) in [6, 6.07) is 5.56. The minimum Gasteiger partial charge on any atom is -0.496 e. The topological polar surface area (TPSA) is 76.8 Å². The van der Waals surface area contributed by atoms with Crippen LogP contribution in [0.3, 0.4) is 0 Å². The number of H-pyrrole nitrogens is 1. The van der Waals surface area contributed by atoms with E-state index in [1.165, 1.54) is 0 Å².